The summed E-state index contributed by atoms with van der Waals surface area (Å²) in [7, 11) is 0. The fraction of sp³-hybridized carbons (Fsp3) is 0.673. The summed E-state index contributed by atoms with van der Waals surface area (Å²) in [6, 6.07) is 9.94. The Kier molecular flexibility index (Phi) is 3.41. The molecule has 0 aliphatic heterocycles. The van der Waals surface area contributed by atoms with E-state index in [4.69, 9.17) is 0 Å². The van der Waals surface area contributed by atoms with E-state index in [9.17, 15) is 0 Å². The van der Waals surface area contributed by atoms with Crippen molar-refractivity contribution in [2.24, 2.45) is 166 Å². The summed E-state index contributed by atoms with van der Waals surface area (Å²) >= 11 is 0. The third-order valence-electron chi connectivity index (χ3n) is 23.2. The predicted molar refractivity (Wildman–Crippen MR) is 188 cm³/mol. The first-order valence-corrected chi connectivity index (χ1v) is 21.9. The van der Waals surface area contributed by atoms with Crippen LogP contribution in [0.4, 0.5) is 0 Å². The van der Waals surface area contributed by atoms with Gasteiger partial charge in [0.05, 0.1) is 0 Å². The number of hydrogen-bond acceptors (Lipinski definition) is 0. The van der Waals surface area contributed by atoms with Crippen LogP contribution in [0.3, 0.4) is 0 Å². The van der Waals surface area contributed by atoms with E-state index in [2.05, 4.69) is 83.5 Å². The lowest BCUT2D eigenvalue weighted by Gasteiger charge is -2.60. The SMILES string of the molecule is C=Cc1ccc(C2C3C4=C5C6C7C8=C9C%10C(C=CC4C%106)C4C=CC6C%10CCC%11C%12CCC%13C(C5C5C%13C%12C%12C%11C%10C(C8C%12C75)C6C94)C32)cc1. The van der Waals surface area contributed by atoms with Gasteiger partial charge in [0.1, 0.15) is 0 Å². The van der Waals surface area contributed by atoms with Gasteiger partial charge in [-0.15, -0.1) is 0 Å². The summed E-state index contributed by atoms with van der Waals surface area (Å²) in [5.41, 5.74) is 11.9. The van der Waals surface area contributed by atoms with Gasteiger partial charge < -0.3 is 0 Å². The number of fused-ring (bicyclic) bond motifs is 8. The van der Waals surface area contributed by atoms with Gasteiger partial charge in [-0.2, -0.15) is 0 Å². The molecule has 29 unspecified atom stereocenters. The summed E-state index contributed by atoms with van der Waals surface area (Å²) in [6.07, 6.45) is 20.3. The molecule has 0 heterocycles. The highest BCUT2D eigenvalue weighted by Gasteiger charge is 2.87. The molecule has 0 heteroatoms. The van der Waals surface area contributed by atoms with Crippen molar-refractivity contribution < 1.29 is 0 Å². The van der Waals surface area contributed by atoms with Crippen molar-refractivity contribution in [3.05, 3.63) is 88.6 Å². The fourth-order valence-electron chi connectivity index (χ4n) is 24.0. The molecule has 29 atom stereocenters. The number of allylic oxidation sites excluding steroid dienone is 8. The quantitative estimate of drug-likeness (QED) is 0.284. The lowest BCUT2D eigenvalue weighted by atomic mass is 9.44. The van der Waals surface area contributed by atoms with Crippen LogP contribution in [0.1, 0.15) is 42.7 Å². The molecular formula is C49H48. The Morgan fingerprint density at radius 2 is 0.939 bits per heavy atom. The normalized spacial score (nSPS) is 71.7. The molecule has 18 rings (SSSR count). The molecule has 17 aliphatic carbocycles. The molecule has 0 saturated heterocycles. The second-order valence-corrected chi connectivity index (χ2v) is 22.2. The van der Waals surface area contributed by atoms with Crippen molar-refractivity contribution in [3.8, 4) is 0 Å². The number of rotatable bonds is 2. The summed E-state index contributed by atoms with van der Waals surface area (Å²) in [5.74, 6) is 29.4. The monoisotopic (exact) mass is 636 g/mol. The number of benzene rings is 1. The Labute approximate surface area is 291 Å². The molecule has 49 heavy (non-hydrogen) atoms. The predicted octanol–water partition coefficient (Wildman–Crippen LogP) is 9.16. The van der Waals surface area contributed by atoms with E-state index >= 15 is 0 Å². The molecular weight excluding hydrogens is 589 g/mol. The highest BCUT2D eigenvalue weighted by Crippen LogP contribution is 2.92. The van der Waals surface area contributed by atoms with Crippen LogP contribution in [0.2, 0.25) is 0 Å². The Hall–Kier alpha value is -2.08. The highest BCUT2D eigenvalue weighted by atomic mass is 14.9. The van der Waals surface area contributed by atoms with Crippen LogP contribution >= 0.6 is 0 Å². The first kappa shape index (κ1) is 24.2. The Morgan fingerprint density at radius 3 is 1.78 bits per heavy atom. The van der Waals surface area contributed by atoms with Crippen LogP contribution in [0.25, 0.3) is 6.08 Å². The van der Waals surface area contributed by atoms with Crippen LogP contribution in [0.15, 0.2) is 77.4 Å². The maximum atomic E-state index is 4.12. The van der Waals surface area contributed by atoms with Gasteiger partial charge in [-0.1, -0.05) is 83.5 Å². The average molecular weight is 637 g/mol. The minimum Gasteiger partial charge on any atom is -0.0985 e. The van der Waals surface area contributed by atoms with E-state index < -0.39 is 0 Å². The van der Waals surface area contributed by atoms with E-state index in [-0.39, 0.29) is 0 Å². The van der Waals surface area contributed by atoms with Crippen molar-refractivity contribution in [2.75, 3.05) is 0 Å². The summed E-state index contributed by atoms with van der Waals surface area (Å²) < 4.78 is 0. The molecule has 1 aromatic rings. The lowest BCUT2D eigenvalue weighted by Crippen LogP contribution is -2.57. The molecule has 1 aromatic carbocycles. The Bertz CT molecular complexity index is 2070. The van der Waals surface area contributed by atoms with E-state index in [1.165, 1.54) is 5.56 Å². The van der Waals surface area contributed by atoms with Crippen LogP contribution in [0.5, 0.6) is 0 Å². The van der Waals surface area contributed by atoms with E-state index in [0.717, 1.165) is 172 Å². The first-order chi connectivity index (χ1) is 24.3. The second kappa shape index (κ2) is 6.90. The van der Waals surface area contributed by atoms with Gasteiger partial charge in [0.2, 0.25) is 0 Å². The molecule has 0 radical (unpaired) electrons. The number of hydrogen-bond donors (Lipinski definition) is 0. The van der Waals surface area contributed by atoms with Gasteiger partial charge in [-0.05, 0) is 203 Å². The highest BCUT2D eigenvalue weighted by molar-refractivity contribution is 5.60. The van der Waals surface area contributed by atoms with E-state index in [1.807, 2.05) is 0 Å². The molecule has 17 aliphatic rings. The fourth-order valence-corrected chi connectivity index (χ4v) is 24.0. The largest absolute Gasteiger partial charge is 0.0985 e. The van der Waals surface area contributed by atoms with Crippen molar-refractivity contribution in [1.29, 1.82) is 0 Å². The third kappa shape index (κ3) is 1.97. The minimum atomic E-state index is 0.789. The van der Waals surface area contributed by atoms with Crippen molar-refractivity contribution >= 4 is 6.08 Å². The van der Waals surface area contributed by atoms with Crippen molar-refractivity contribution in [3.63, 3.8) is 0 Å². The molecule has 0 spiro atoms. The molecule has 0 N–H and O–H groups in total. The standard InChI is InChI=1S/C49H48/c1-2-15-3-5-16(6-4-15)25-36-34-23-13-11-21-19-9-7-17-18-8-10-20-22-12-14-24-33-31(22)40-29(20)27(18)38-26(17)28(19)39-30(21)32(23)41-43(34)44(35(24)37(25)36)42(33)49-47(40)45(38)46(39)48(41)49/h2-7,9,11,13,17-33,35-38,40-42,44-45,47-49H,1,8,10,12,14H2. The smallest absolute Gasteiger partial charge is 0.00230 e. The van der Waals surface area contributed by atoms with Gasteiger partial charge in [0.15, 0.2) is 0 Å². The van der Waals surface area contributed by atoms with E-state index in [1.54, 1.807) is 31.2 Å². The zero-order chi connectivity index (χ0) is 30.4. The first-order valence-electron chi connectivity index (χ1n) is 21.9. The second-order valence-electron chi connectivity index (χ2n) is 22.2. The molecule has 0 nitrogen and oxygen atoms in total. The zero-order valence-corrected chi connectivity index (χ0v) is 28.5. The summed E-state index contributed by atoms with van der Waals surface area (Å²) in [4.78, 5) is 0. The molecule has 0 bridgehead atoms. The Balaban J connectivity index is 0.971. The van der Waals surface area contributed by atoms with Crippen LogP contribution < -0.4 is 0 Å². The van der Waals surface area contributed by atoms with Gasteiger partial charge in [0, 0.05) is 5.92 Å². The van der Waals surface area contributed by atoms with Gasteiger partial charge in [-0.25, -0.2) is 0 Å². The average Bonchev–Trinajstić information content (AvgIpc) is 3.65. The summed E-state index contributed by atoms with van der Waals surface area (Å²) in [5, 5.41) is 0. The van der Waals surface area contributed by atoms with Crippen molar-refractivity contribution in [2.45, 2.75) is 31.6 Å². The topological polar surface area (TPSA) is 0 Å². The van der Waals surface area contributed by atoms with E-state index in [0.29, 0.717) is 0 Å². The molecule has 0 aromatic heterocycles. The lowest BCUT2D eigenvalue weighted by molar-refractivity contribution is -0.127. The summed E-state index contributed by atoms with van der Waals surface area (Å²) in [6.45, 7) is 4.12. The minimum absolute atomic E-state index is 0.789. The third-order valence-corrected chi connectivity index (χ3v) is 23.2. The Morgan fingerprint density at radius 1 is 0.388 bits per heavy atom. The van der Waals surface area contributed by atoms with Crippen LogP contribution in [0, 0.1) is 166 Å². The maximum Gasteiger partial charge on any atom is 0.00230 e. The molecule has 0 amide bonds. The van der Waals surface area contributed by atoms with Gasteiger partial charge in [-0.3, -0.25) is 0 Å². The van der Waals surface area contributed by atoms with Gasteiger partial charge >= 0.3 is 0 Å². The van der Waals surface area contributed by atoms with Gasteiger partial charge in [0.25, 0.3) is 0 Å². The van der Waals surface area contributed by atoms with Crippen LogP contribution in [-0.2, 0) is 0 Å². The molecule has 244 valence electrons. The van der Waals surface area contributed by atoms with Crippen LogP contribution in [-0.4, -0.2) is 0 Å². The molecule has 11 fully saturated rings. The van der Waals surface area contributed by atoms with Crippen molar-refractivity contribution in [1.82, 2.24) is 0 Å². The zero-order valence-electron chi connectivity index (χ0n) is 28.5. The maximum absolute atomic E-state index is 4.12. The molecule has 11 saturated carbocycles.